The van der Waals surface area contributed by atoms with Gasteiger partial charge in [0.15, 0.2) is 5.82 Å². The van der Waals surface area contributed by atoms with Crippen molar-refractivity contribution in [2.24, 2.45) is 5.73 Å². The number of nitrogens with two attached hydrogens (primary N) is 1. The molecule has 0 radical (unpaired) electrons. The molecule has 0 amide bonds. The molecule has 1 aliphatic rings. The summed E-state index contributed by atoms with van der Waals surface area (Å²) in [5.74, 6) is 0.986. The quantitative estimate of drug-likeness (QED) is 0.839. The second-order valence-electron chi connectivity index (χ2n) is 4.26. The highest BCUT2D eigenvalue weighted by Crippen LogP contribution is 2.27. The van der Waals surface area contributed by atoms with Crippen molar-refractivity contribution in [3.05, 3.63) is 18.1 Å². The normalized spacial score (nSPS) is 16.6. The van der Waals surface area contributed by atoms with Crippen molar-refractivity contribution < 1.29 is 0 Å². The standard InChI is InChI=1S/C12H20N4/c1-2-16(10-5-3-4-6-10)12-11(9-13)14-7-8-15-12/h7-8,10H,2-6,9,13H2,1H3. The van der Waals surface area contributed by atoms with Crippen molar-refractivity contribution in [2.45, 2.75) is 45.2 Å². The Labute approximate surface area is 96.9 Å². The van der Waals surface area contributed by atoms with E-state index in [4.69, 9.17) is 5.73 Å². The first kappa shape index (κ1) is 11.3. The van der Waals surface area contributed by atoms with E-state index in [2.05, 4.69) is 21.8 Å². The molecule has 0 saturated heterocycles. The van der Waals surface area contributed by atoms with Gasteiger partial charge < -0.3 is 10.6 Å². The number of hydrogen-bond acceptors (Lipinski definition) is 4. The molecule has 2 N–H and O–H groups in total. The van der Waals surface area contributed by atoms with E-state index in [1.54, 1.807) is 12.4 Å². The third-order valence-electron chi connectivity index (χ3n) is 3.32. The molecule has 88 valence electrons. The SMILES string of the molecule is CCN(c1nccnc1CN)C1CCCC1. The summed E-state index contributed by atoms with van der Waals surface area (Å²) < 4.78 is 0. The van der Waals surface area contributed by atoms with Gasteiger partial charge in [0.2, 0.25) is 0 Å². The highest BCUT2D eigenvalue weighted by Gasteiger charge is 2.24. The van der Waals surface area contributed by atoms with Gasteiger partial charge in [-0.2, -0.15) is 0 Å². The molecule has 16 heavy (non-hydrogen) atoms. The van der Waals surface area contributed by atoms with Crippen molar-refractivity contribution in [3.8, 4) is 0 Å². The van der Waals surface area contributed by atoms with Crippen molar-refractivity contribution in [1.82, 2.24) is 9.97 Å². The first-order chi connectivity index (χ1) is 7.86. The molecule has 0 bridgehead atoms. The Morgan fingerprint density at radius 3 is 2.62 bits per heavy atom. The summed E-state index contributed by atoms with van der Waals surface area (Å²) in [5, 5.41) is 0. The summed E-state index contributed by atoms with van der Waals surface area (Å²) in [5.41, 5.74) is 6.63. The maximum atomic E-state index is 5.71. The fourth-order valence-electron chi connectivity index (χ4n) is 2.54. The number of hydrogen-bond donors (Lipinski definition) is 1. The topological polar surface area (TPSA) is 55.0 Å². The molecule has 1 aromatic heterocycles. The Morgan fingerprint density at radius 2 is 2.00 bits per heavy atom. The van der Waals surface area contributed by atoms with Crippen molar-refractivity contribution in [2.75, 3.05) is 11.4 Å². The minimum Gasteiger partial charge on any atom is -0.352 e. The second-order valence-corrected chi connectivity index (χ2v) is 4.26. The van der Waals surface area contributed by atoms with Crippen molar-refractivity contribution in [1.29, 1.82) is 0 Å². The van der Waals surface area contributed by atoms with Crippen LogP contribution in [0.4, 0.5) is 5.82 Å². The first-order valence-electron chi connectivity index (χ1n) is 6.13. The van der Waals surface area contributed by atoms with Gasteiger partial charge in [0, 0.05) is 31.5 Å². The molecular weight excluding hydrogens is 200 g/mol. The Kier molecular flexibility index (Phi) is 3.72. The molecule has 1 heterocycles. The maximum Gasteiger partial charge on any atom is 0.151 e. The minimum absolute atomic E-state index is 0.465. The molecule has 0 atom stereocenters. The van der Waals surface area contributed by atoms with Crippen LogP contribution in [0.1, 0.15) is 38.3 Å². The van der Waals surface area contributed by atoms with Crippen LogP contribution in [0.5, 0.6) is 0 Å². The number of anilines is 1. The number of rotatable bonds is 4. The second kappa shape index (κ2) is 5.25. The van der Waals surface area contributed by atoms with Gasteiger partial charge in [-0.05, 0) is 19.8 Å². The zero-order valence-electron chi connectivity index (χ0n) is 9.89. The predicted molar refractivity (Wildman–Crippen MR) is 65.2 cm³/mol. The van der Waals surface area contributed by atoms with Gasteiger partial charge in [0.25, 0.3) is 0 Å². The fraction of sp³-hybridized carbons (Fsp3) is 0.667. The molecule has 0 unspecified atom stereocenters. The first-order valence-corrected chi connectivity index (χ1v) is 6.13. The van der Waals surface area contributed by atoms with Crippen LogP contribution in [0.3, 0.4) is 0 Å². The van der Waals surface area contributed by atoms with Gasteiger partial charge in [-0.3, -0.25) is 4.98 Å². The molecule has 1 aromatic rings. The third-order valence-corrected chi connectivity index (χ3v) is 3.32. The van der Waals surface area contributed by atoms with E-state index in [0.29, 0.717) is 12.6 Å². The minimum atomic E-state index is 0.465. The summed E-state index contributed by atoms with van der Waals surface area (Å²) in [6.45, 7) is 3.62. The number of aromatic nitrogens is 2. The lowest BCUT2D eigenvalue weighted by Crippen LogP contribution is -2.35. The Balaban J connectivity index is 2.24. The molecule has 0 aliphatic heterocycles. The average Bonchev–Trinajstić information content (AvgIpc) is 2.84. The summed E-state index contributed by atoms with van der Waals surface area (Å²) in [7, 11) is 0. The highest BCUT2D eigenvalue weighted by atomic mass is 15.2. The van der Waals surface area contributed by atoms with Gasteiger partial charge in [0.05, 0.1) is 5.69 Å². The van der Waals surface area contributed by atoms with Gasteiger partial charge >= 0.3 is 0 Å². The van der Waals surface area contributed by atoms with E-state index in [9.17, 15) is 0 Å². The molecule has 2 rings (SSSR count). The zero-order chi connectivity index (χ0) is 11.4. The van der Waals surface area contributed by atoms with Crippen molar-refractivity contribution >= 4 is 5.82 Å². The van der Waals surface area contributed by atoms with Crippen LogP contribution in [0.25, 0.3) is 0 Å². The van der Waals surface area contributed by atoms with Gasteiger partial charge in [-0.15, -0.1) is 0 Å². The maximum absolute atomic E-state index is 5.71. The monoisotopic (exact) mass is 220 g/mol. The summed E-state index contributed by atoms with van der Waals surface area (Å²) >= 11 is 0. The largest absolute Gasteiger partial charge is 0.352 e. The summed E-state index contributed by atoms with van der Waals surface area (Å²) in [4.78, 5) is 11.1. The molecule has 1 aliphatic carbocycles. The van der Waals surface area contributed by atoms with Gasteiger partial charge in [-0.25, -0.2) is 4.98 Å². The van der Waals surface area contributed by atoms with E-state index in [-0.39, 0.29) is 0 Å². The fourth-order valence-corrected chi connectivity index (χ4v) is 2.54. The lowest BCUT2D eigenvalue weighted by Gasteiger charge is -2.29. The summed E-state index contributed by atoms with van der Waals surface area (Å²) in [6, 6.07) is 0.631. The lowest BCUT2D eigenvalue weighted by molar-refractivity contribution is 0.608. The molecule has 4 heteroatoms. The van der Waals surface area contributed by atoms with E-state index >= 15 is 0 Å². The predicted octanol–water partition coefficient (Wildman–Crippen LogP) is 1.70. The van der Waals surface area contributed by atoms with E-state index in [1.807, 2.05) is 0 Å². The van der Waals surface area contributed by atoms with Crippen LogP contribution in [-0.4, -0.2) is 22.6 Å². The Hall–Kier alpha value is -1.16. The van der Waals surface area contributed by atoms with Crippen molar-refractivity contribution in [3.63, 3.8) is 0 Å². The molecular formula is C12H20N4. The molecule has 0 spiro atoms. The van der Waals surface area contributed by atoms with Crippen LogP contribution in [0, 0.1) is 0 Å². The lowest BCUT2D eigenvalue weighted by atomic mass is 10.2. The Bertz CT molecular complexity index is 334. The number of nitrogens with zero attached hydrogens (tertiary/aromatic N) is 3. The van der Waals surface area contributed by atoms with E-state index in [1.165, 1.54) is 25.7 Å². The zero-order valence-corrected chi connectivity index (χ0v) is 9.89. The van der Waals surface area contributed by atoms with Crippen LogP contribution >= 0.6 is 0 Å². The third kappa shape index (κ3) is 2.16. The molecule has 4 nitrogen and oxygen atoms in total. The molecule has 1 saturated carbocycles. The summed E-state index contributed by atoms with van der Waals surface area (Å²) in [6.07, 6.45) is 8.68. The highest BCUT2D eigenvalue weighted by molar-refractivity contribution is 5.44. The van der Waals surface area contributed by atoms with Crippen LogP contribution < -0.4 is 10.6 Å². The van der Waals surface area contributed by atoms with E-state index < -0.39 is 0 Å². The smallest absolute Gasteiger partial charge is 0.151 e. The molecule has 0 aromatic carbocycles. The van der Waals surface area contributed by atoms with Gasteiger partial charge in [0.1, 0.15) is 0 Å². The Morgan fingerprint density at radius 1 is 1.31 bits per heavy atom. The van der Waals surface area contributed by atoms with Crippen LogP contribution in [0.2, 0.25) is 0 Å². The van der Waals surface area contributed by atoms with Gasteiger partial charge in [-0.1, -0.05) is 12.8 Å². The molecule has 1 fully saturated rings. The van der Waals surface area contributed by atoms with Crippen LogP contribution in [-0.2, 0) is 6.54 Å². The van der Waals surface area contributed by atoms with Crippen LogP contribution in [0.15, 0.2) is 12.4 Å². The average molecular weight is 220 g/mol. The van der Waals surface area contributed by atoms with E-state index in [0.717, 1.165) is 18.1 Å².